The van der Waals surface area contributed by atoms with Crippen molar-refractivity contribution in [3.05, 3.63) is 65.8 Å². The standard InChI is InChI=1S/C19H13FN4O2S2/c20-14-8-4-7-13(9-14)17-23-24-19(26-17)28-11-16(25)22-18-21-15(10-27-18)12-5-2-1-3-6-12/h1-10H,11H2,(H,21,22,25). The van der Waals surface area contributed by atoms with Gasteiger partial charge >= 0.3 is 0 Å². The minimum atomic E-state index is -0.386. The van der Waals surface area contributed by atoms with E-state index in [1.54, 1.807) is 12.1 Å². The average Bonchev–Trinajstić information content (AvgIpc) is 3.37. The third kappa shape index (κ3) is 4.44. The summed E-state index contributed by atoms with van der Waals surface area (Å²) in [4.78, 5) is 16.6. The van der Waals surface area contributed by atoms with E-state index in [1.165, 1.54) is 23.5 Å². The van der Waals surface area contributed by atoms with Crippen LogP contribution in [-0.2, 0) is 4.79 Å². The average molecular weight is 412 g/mol. The van der Waals surface area contributed by atoms with Crippen LogP contribution in [0.5, 0.6) is 0 Å². The van der Waals surface area contributed by atoms with Gasteiger partial charge in [-0.1, -0.05) is 48.2 Å². The number of nitrogens with zero attached hydrogens (tertiary/aromatic N) is 3. The van der Waals surface area contributed by atoms with E-state index in [2.05, 4.69) is 20.5 Å². The first-order valence-corrected chi connectivity index (χ1v) is 10.1. The number of carbonyl (C=O) groups excluding carboxylic acids is 1. The molecule has 0 unspecified atom stereocenters. The maximum Gasteiger partial charge on any atom is 0.277 e. The Hall–Kier alpha value is -3.04. The largest absolute Gasteiger partial charge is 0.411 e. The van der Waals surface area contributed by atoms with Gasteiger partial charge in [0, 0.05) is 16.5 Å². The predicted molar refractivity (Wildman–Crippen MR) is 107 cm³/mol. The Morgan fingerprint density at radius 2 is 1.93 bits per heavy atom. The highest BCUT2D eigenvalue weighted by Gasteiger charge is 2.13. The van der Waals surface area contributed by atoms with Crippen LogP contribution < -0.4 is 5.32 Å². The molecule has 6 nitrogen and oxygen atoms in total. The summed E-state index contributed by atoms with van der Waals surface area (Å²) in [7, 11) is 0. The monoisotopic (exact) mass is 412 g/mol. The van der Waals surface area contributed by atoms with Crippen LogP contribution in [0.15, 0.2) is 69.6 Å². The quantitative estimate of drug-likeness (QED) is 0.461. The zero-order valence-corrected chi connectivity index (χ0v) is 16.0. The van der Waals surface area contributed by atoms with Gasteiger partial charge in [0.25, 0.3) is 5.22 Å². The maximum absolute atomic E-state index is 13.3. The molecule has 4 rings (SSSR count). The Kier molecular flexibility index (Phi) is 5.45. The van der Waals surface area contributed by atoms with Gasteiger partial charge in [-0.25, -0.2) is 9.37 Å². The van der Waals surface area contributed by atoms with Crippen LogP contribution in [0.4, 0.5) is 9.52 Å². The van der Waals surface area contributed by atoms with Crippen LogP contribution in [0.1, 0.15) is 0 Å². The molecule has 0 radical (unpaired) electrons. The Morgan fingerprint density at radius 1 is 1.11 bits per heavy atom. The summed E-state index contributed by atoms with van der Waals surface area (Å²) in [5, 5.41) is 13.2. The summed E-state index contributed by atoms with van der Waals surface area (Å²) in [5.41, 5.74) is 2.29. The van der Waals surface area contributed by atoms with Gasteiger partial charge in [-0.05, 0) is 18.2 Å². The number of anilines is 1. The molecule has 2 aromatic heterocycles. The van der Waals surface area contributed by atoms with Crippen molar-refractivity contribution in [2.45, 2.75) is 5.22 Å². The first-order chi connectivity index (χ1) is 13.7. The minimum absolute atomic E-state index is 0.0883. The molecule has 0 bridgehead atoms. The molecular formula is C19H13FN4O2S2. The van der Waals surface area contributed by atoms with E-state index < -0.39 is 0 Å². The fourth-order valence-corrected chi connectivity index (χ4v) is 3.66. The molecule has 140 valence electrons. The van der Waals surface area contributed by atoms with Crippen LogP contribution in [0.2, 0.25) is 0 Å². The molecule has 0 fully saturated rings. The Morgan fingerprint density at radius 3 is 2.75 bits per heavy atom. The Bertz CT molecular complexity index is 1100. The van der Waals surface area contributed by atoms with Crippen molar-refractivity contribution in [1.82, 2.24) is 15.2 Å². The van der Waals surface area contributed by atoms with Crippen LogP contribution in [0.3, 0.4) is 0 Å². The van der Waals surface area contributed by atoms with Gasteiger partial charge in [0.1, 0.15) is 5.82 Å². The lowest BCUT2D eigenvalue weighted by Gasteiger charge is -1.99. The van der Waals surface area contributed by atoms with Gasteiger partial charge in [-0.15, -0.1) is 21.5 Å². The van der Waals surface area contributed by atoms with Gasteiger partial charge in [-0.3, -0.25) is 4.79 Å². The summed E-state index contributed by atoms with van der Waals surface area (Å²) in [6.07, 6.45) is 0. The lowest BCUT2D eigenvalue weighted by molar-refractivity contribution is -0.113. The first-order valence-electron chi connectivity index (χ1n) is 8.20. The first kappa shape index (κ1) is 18.3. The van der Waals surface area contributed by atoms with Crippen LogP contribution in [0.25, 0.3) is 22.7 Å². The van der Waals surface area contributed by atoms with Crippen molar-refractivity contribution in [2.24, 2.45) is 0 Å². The molecule has 2 heterocycles. The fourth-order valence-electron chi connectivity index (χ4n) is 2.36. The molecule has 0 spiro atoms. The van der Waals surface area contributed by atoms with E-state index in [-0.39, 0.29) is 28.6 Å². The summed E-state index contributed by atoms with van der Waals surface area (Å²) < 4.78 is 18.7. The molecule has 4 aromatic rings. The zero-order chi connectivity index (χ0) is 19.3. The number of thiazole rings is 1. The van der Waals surface area contributed by atoms with Crippen LogP contribution in [0, 0.1) is 5.82 Å². The molecular weight excluding hydrogens is 399 g/mol. The lowest BCUT2D eigenvalue weighted by Crippen LogP contribution is -2.13. The highest BCUT2D eigenvalue weighted by atomic mass is 32.2. The molecule has 1 N–H and O–H groups in total. The van der Waals surface area contributed by atoms with E-state index in [1.807, 2.05) is 35.7 Å². The molecule has 0 aliphatic carbocycles. The number of hydrogen-bond donors (Lipinski definition) is 1. The number of thioether (sulfide) groups is 1. The van der Waals surface area contributed by atoms with Gasteiger partial charge in [-0.2, -0.15) is 0 Å². The van der Waals surface area contributed by atoms with E-state index in [4.69, 9.17) is 4.42 Å². The van der Waals surface area contributed by atoms with Crippen LogP contribution in [-0.4, -0.2) is 26.8 Å². The second kappa shape index (κ2) is 8.32. The number of halogens is 1. The van der Waals surface area contributed by atoms with E-state index in [0.717, 1.165) is 23.0 Å². The smallest absolute Gasteiger partial charge is 0.277 e. The summed E-state index contributed by atoms with van der Waals surface area (Å²) in [6.45, 7) is 0. The number of rotatable bonds is 6. The number of hydrogen-bond acceptors (Lipinski definition) is 7. The number of aromatic nitrogens is 3. The van der Waals surface area contributed by atoms with Gasteiger partial charge in [0.2, 0.25) is 11.8 Å². The predicted octanol–water partition coefficient (Wildman–Crippen LogP) is 4.73. The van der Waals surface area contributed by atoms with Gasteiger partial charge in [0.05, 0.1) is 11.4 Å². The van der Waals surface area contributed by atoms with Crippen molar-refractivity contribution in [3.8, 4) is 22.7 Å². The SMILES string of the molecule is O=C(CSc1nnc(-c2cccc(F)c2)o1)Nc1nc(-c2ccccc2)cs1. The highest BCUT2D eigenvalue weighted by Crippen LogP contribution is 2.26. The number of carbonyl (C=O) groups is 1. The minimum Gasteiger partial charge on any atom is -0.411 e. The Labute approximate surface area is 167 Å². The second-order valence-corrected chi connectivity index (χ2v) is 7.41. The number of nitrogens with one attached hydrogen (secondary N) is 1. The molecule has 9 heteroatoms. The van der Waals surface area contributed by atoms with Crippen molar-refractivity contribution >= 4 is 34.1 Å². The third-order valence-corrected chi connectivity index (χ3v) is 5.20. The zero-order valence-electron chi connectivity index (χ0n) is 14.3. The lowest BCUT2D eigenvalue weighted by atomic mass is 10.2. The number of benzene rings is 2. The molecule has 28 heavy (non-hydrogen) atoms. The normalized spacial score (nSPS) is 10.8. The van der Waals surface area contributed by atoms with Gasteiger partial charge in [0.15, 0.2) is 5.13 Å². The summed E-state index contributed by atoms with van der Waals surface area (Å²) in [5.74, 6) is -0.327. The van der Waals surface area contributed by atoms with Gasteiger partial charge < -0.3 is 9.73 Å². The summed E-state index contributed by atoms with van der Waals surface area (Å²) in [6, 6.07) is 15.6. The second-order valence-electron chi connectivity index (χ2n) is 5.62. The number of amides is 1. The van der Waals surface area contributed by atoms with Crippen molar-refractivity contribution in [2.75, 3.05) is 11.1 Å². The highest BCUT2D eigenvalue weighted by molar-refractivity contribution is 7.99. The van der Waals surface area contributed by atoms with Crippen LogP contribution >= 0.6 is 23.1 Å². The topological polar surface area (TPSA) is 80.9 Å². The molecule has 0 aliphatic rings. The third-order valence-electron chi connectivity index (χ3n) is 3.62. The molecule has 1 amide bonds. The maximum atomic E-state index is 13.3. The summed E-state index contributed by atoms with van der Waals surface area (Å²) >= 11 is 2.46. The Balaban J connectivity index is 1.33. The molecule has 0 atom stereocenters. The van der Waals surface area contributed by atoms with Crippen molar-refractivity contribution < 1.29 is 13.6 Å². The van der Waals surface area contributed by atoms with E-state index in [9.17, 15) is 9.18 Å². The van der Waals surface area contributed by atoms with E-state index >= 15 is 0 Å². The van der Waals surface area contributed by atoms with E-state index in [0.29, 0.717) is 10.7 Å². The van der Waals surface area contributed by atoms with Crippen molar-refractivity contribution in [3.63, 3.8) is 0 Å². The molecule has 0 saturated carbocycles. The molecule has 0 aliphatic heterocycles. The fraction of sp³-hybridized carbons (Fsp3) is 0.0526. The molecule has 0 saturated heterocycles. The molecule has 2 aromatic carbocycles. The van der Waals surface area contributed by atoms with Crippen molar-refractivity contribution in [1.29, 1.82) is 0 Å².